The number of carbonyl (C=O) groups is 1. The first-order valence-corrected chi connectivity index (χ1v) is 10.9. The van der Waals surface area contributed by atoms with Crippen molar-refractivity contribution in [3.63, 3.8) is 0 Å². The van der Waals surface area contributed by atoms with E-state index in [1.165, 1.54) is 13.0 Å². The van der Waals surface area contributed by atoms with Crippen LogP contribution in [0.5, 0.6) is 5.75 Å². The van der Waals surface area contributed by atoms with Gasteiger partial charge in [-0.25, -0.2) is 8.42 Å². The third-order valence-electron chi connectivity index (χ3n) is 4.22. The van der Waals surface area contributed by atoms with Crippen LogP contribution in [0.3, 0.4) is 0 Å². The van der Waals surface area contributed by atoms with E-state index in [2.05, 4.69) is 5.32 Å². The first-order valence-electron chi connectivity index (χ1n) is 9.09. The number of benzene rings is 2. The summed E-state index contributed by atoms with van der Waals surface area (Å²) in [4.78, 5) is 12.6. The largest absolute Gasteiger partial charge is 0.494 e. The van der Waals surface area contributed by atoms with Gasteiger partial charge in [-0.15, -0.1) is 0 Å². The van der Waals surface area contributed by atoms with Gasteiger partial charge in [0, 0.05) is 6.54 Å². The second-order valence-electron chi connectivity index (χ2n) is 6.58. The van der Waals surface area contributed by atoms with E-state index in [-0.39, 0.29) is 12.2 Å². The van der Waals surface area contributed by atoms with Gasteiger partial charge < -0.3 is 10.1 Å². The molecule has 0 radical (unpaired) electrons. The Labute approximate surface area is 173 Å². The molecule has 6 nitrogen and oxygen atoms in total. The molecule has 1 N–H and O–H groups in total. The number of amides is 1. The Hall–Kier alpha value is -2.75. The van der Waals surface area contributed by atoms with Gasteiger partial charge in [-0.1, -0.05) is 18.2 Å². The molecule has 2 aromatic rings. The highest BCUT2D eigenvalue weighted by Gasteiger charge is 2.34. The zero-order valence-corrected chi connectivity index (χ0v) is 17.5. The number of hydrogen-bond acceptors (Lipinski definition) is 4. The number of anilines is 1. The van der Waals surface area contributed by atoms with Crippen molar-refractivity contribution in [3.8, 4) is 5.75 Å². The standard InChI is InChI=1S/C20H23F3N2O4S/c1-4-29-18-10-8-15(9-11-18)13-24-19(26)14(2)25(30(3,27)28)17-7-5-6-16(12-17)20(21,22)23/h5-12,14H,4,13H2,1-3H3,(H,24,26)/t14-/m0/s1. The van der Waals surface area contributed by atoms with E-state index >= 15 is 0 Å². The molecule has 30 heavy (non-hydrogen) atoms. The maximum Gasteiger partial charge on any atom is 0.416 e. The molecule has 0 aliphatic carbocycles. The van der Waals surface area contributed by atoms with Crippen molar-refractivity contribution >= 4 is 21.6 Å². The summed E-state index contributed by atoms with van der Waals surface area (Å²) in [5.74, 6) is 0.0282. The van der Waals surface area contributed by atoms with Gasteiger partial charge in [0.2, 0.25) is 15.9 Å². The normalized spacial score (nSPS) is 12.9. The molecule has 0 saturated heterocycles. The fourth-order valence-corrected chi connectivity index (χ4v) is 4.00. The summed E-state index contributed by atoms with van der Waals surface area (Å²) in [5, 5.41) is 2.61. The third-order valence-corrected chi connectivity index (χ3v) is 5.46. The molecule has 0 saturated carbocycles. The molecule has 1 amide bonds. The summed E-state index contributed by atoms with van der Waals surface area (Å²) in [7, 11) is -4.03. The van der Waals surface area contributed by atoms with Crippen LogP contribution in [0.1, 0.15) is 25.0 Å². The molecule has 0 fully saturated rings. The van der Waals surface area contributed by atoms with Crippen molar-refractivity contribution in [3.05, 3.63) is 59.7 Å². The van der Waals surface area contributed by atoms with Crippen LogP contribution in [0.2, 0.25) is 0 Å². The zero-order valence-electron chi connectivity index (χ0n) is 16.7. The first-order chi connectivity index (χ1) is 13.9. The lowest BCUT2D eigenvalue weighted by molar-refractivity contribution is -0.137. The molecular formula is C20H23F3N2O4S. The Balaban J connectivity index is 2.19. The minimum absolute atomic E-state index is 0.121. The quantitative estimate of drug-likeness (QED) is 0.676. The number of nitrogens with one attached hydrogen (secondary N) is 1. The molecule has 10 heteroatoms. The van der Waals surface area contributed by atoms with Gasteiger partial charge >= 0.3 is 6.18 Å². The number of rotatable bonds is 8. The van der Waals surface area contributed by atoms with E-state index in [1.54, 1.807) is 24.3 Å². The summed E-state index contributed by atoms with van der Waals surface area (Å²) < 4.78 is 69.6. The van der Waals surface area contributed by atoms with Crippen molar-refractivity contribution in [2.75, 3.05) is 17.2 Å². The van der Waals surface area contributed by atoms with E-state index in [9.17, 15) is 26.4 Å². The molecule has 0 bridgehead atoms. The van der Waals surface area contributed by atoms with Gasteiger partial charge in [-0.2, -0.15) is 13.2 Å². The van der Waals surface area contributed by atoms with Gasteiger partial charge in [-0.05, 0) is 49.7 Å². The second-order valence-corrected chi connectivity index (χ2v) is 8.44. The summed E-state index contributed by atoms with van der Waals surface area (Å²) in [6, 6.07) is 9.56. The number of ether oxygens (including phenoxy) is 1. The average molecular weight is 444 g/mol. The molecule has 0 heterocycles. The topological polar surface area (TPSA) is 75.7 Å². The molecule has 0 aliphatic rings. The van der Waals surface area contributed by atoms with Crippen LogP contribution in [0, 0.1) is 0 Å². The third kappa shape index (κ3) is 6.12. The number of halogens is 3. The zero-order chi connectivity index (χ0) is 22.5. The van der Waals surface area contributed by atoms with Crippen molar-refractivity contribution < 1.29 is 31.1 Å². The summed E-state index contributed by atoms with van der Waals surface area (Å²) >= 11 is 0. The molecule has 0 aliphatic heterocycles. The molecule has 1 atom stereocenters. The Morgan fingerprint density at radius 3 is 2.33 bits per heavy atom. The molecule has 164 valence electrons. The van der Waals surface area contributed by atoms with Gasteiger partial charge in [0.1, 0.15) is 11.8 Å². The number of alkyl halides is 3. The Morgan fingerprint density at radius 1 is 1.17 bits per heavy atom. The van der Waals surface area contributed by atoms with Crippen molar-refractivity contribution in [1.82, 2.24) is 5.32 Å². The summed E-state index contributed by atoms with van der Waals surface area (Å²) in [6.07, 6.45) is -3.80. The number of sulfonamides is 1. The minimum atomic E-state index is -4.64. The van der Waals surface area contributed by atoms with Crippen LogP contribution in [0.25, 0.3) is 0 Å². The Kier molecular flexibility index (Phi) is 7.35. The molecular weight excluding hydrogens is 421 g/mol. The van der Waals surface area contributed by atoms with Crippen LogP contribution in [0.4, 0.5) is 18.9 Å². The van der Waals surface area contributed by atoms with E-state index in [1.807, 2.05) is 6.92 Å². The number of carbonyl (C=O) groups excluding carboxylic acids is 1. The van der Waals surface area contributed by atoms with Crippen molar-refractivity contribution in [1.29, 1.82) is 0 Å². The second kappa shape index (κ2) is 9.38. The predicted molar refractivity (Wildman–Crippen MR) is 108 cm³/mol. The average Bonchev–Trinajstić information content (AvgIpc) is 2.66. The fraction of sp³-hybridized carbons (Fsp3) is 0.350. The van der Waals surface area contributed by atoms with Crippen LogP contribution >= 0.6 is 0 Å². The van der Waals surface area contributed by atoms with E-state index in [0.717, 1.165) is 24.0 Å². The van der Waals surface area contributed by atoms with Crippen LogP contribution in [0.15, 0.2) is 48.5 Å². The fourth-order valence-electron chi connectivity index (χ4n) is 2.84. The van der Waals surface area contributed by atoms with E-state index in [4.69, 9.17) is 4.74 Å². The van der Waals surface area contributed by atoms with Gasteiger partial charge in [0.15, 0.2) is 0 Å². The molecule has 0 aromatic heterocycles. The molecule has 0 unspecified atom stereocenters. The SMILES string of the molecule is CCOc1ccc(CNC(=O)[C@H](C)N(c2cccc(C(F)(F)F)c2)S(C)(=O)=O)cc1. The van der Waals surface area contributed by atoms with Crippen LogP contribution in [-0.4, -0.2) is 33.2 Å². The molecule has 2 aromatic carbocycles. The summed E-state index contributed by atoms with van der Waals surface area (Å²) in [6.45, 7) is 3.81. The first kappa shape index (κ1) is 23.5. The van der Waals surface area contributed by atoms with Crippen molar-refractivity contribution in [2.45, 2.75) is 32.6 Å². The molecule has 0 spiro atoms. The van der Waals surface area contributed by atoms with Crippen LogP contribution < -0.4 is 14.4 Å². The lowest BCUT2D eigenvalue weighted by atomic mass is 10.1. The lowest BCUT2D eigenvalue weighted by Crippen LogP contribution is -2.47. The predicted octanol–water partition coefficient (Wildman–Crippen LogP) is 3.58. The maximum absolute atomic E-state index is 13.0. The van der Waals surface area contributed by atoms with Gasteiger partial charge in [-0.3, -0.25) is 9.10 Å². The highest BCUT2D eigenvalue weighted by molar-refractivity contribution is 7.92. The van der Waals surface area contributed by atoms with E-state index < -0.39 is 33.7 Å². The monoisotopic (exact) mass is 444 g/mol. The smallest absolute Gasteiger partial charge is 0.416 e. The highest BCUT2D eigenvalue weighted by Crippen LogP contribution is 2.32. The molecule has 2 rings (SSSR count). The Morgan fingerprint density at radius 2 is 1.80 bits per heavy atom. The van der Waals surface area contributed by atoms with Gasteiger partial charge in [0.05, 0.1) is 24.1 Å². The lowest BCUT2D eigenvalue weighted by Gasteiger charge is -2.28. The summed E-state index contributed by atoms with van der Waals surface area (Å²) in [5.41, 5.74) is -0.490. The maximum atomic E-state index is 13.0. The number of hydrogen-bond donors (Lipinski definition) is 1. The van der Waals surface area contributed by atoms with E-state index in [0.29, 0.717) is 22.7 Å². The minimum Gasteiger partial charge on any atom is -0.494 e. The van der Waals surface area contributed by atoms with Crippen molar-refractivity contribution in [2.24, 2.45) is 0 Å². The van der Waals surface area contributed by atoms with Gasteiger partial charge in [0.25, 0.3) is 0 Å². The Bertz CT molecular complexity index is 976. The highest BCUT2D eigenvalue weighted by atomic mass is 32.2. The van der Waals surface area contributed by atoms with Crippen LogP contribution in [-0.2, 0) is 27.5 Å². The number of nitrogens with zero attached hydrogens (tertiary/aromatic N) is 1.